The molecule has 0 spiro atoms. The Morgan fingerprint density at radius 1 is 1.00 bits per heavy atom. The van der Waals surface area contributed by atoms with Crippen molar-refractivity contribution in [3.63, 3.8) is 0 Å². The van der Waals surface area contributed by atoms with Gasteiger partial charge in [0, 0.05) is 18.0 Å². The molecule has 0 heterocycles. The van der Waals surface area contributed by atoms with Crippen LogP contribution in [0.15, 0.2) is 48.5 Å². The average molecular weight is 261 g/mol. The van der Waals surface area contributed by atoms with E-state index in [1.807, 2.05) is 30.3 Å². The van der Waals surface area contributed by atoms with E-state index in [0.717, 1.165) is 6.07 Å². The zero-order valence-corrected chi connectivity index (χ0v) is 11.1. The third-order valence-corrected chi connectivity index (χ3v) is 3.21. The van der Waals surface area contributed by atoms with Gasteiger partial charge in [-0.15, -0.1) is 0 Å². The third-order valence-electron chi connectivity index (χ3n) is 3.21. The highest BCUT2D eigenvalue weighted by atomic mass is 19.1. The molecule has 0 aliphatic rings. The molecule has 2 aromatic carbocycles. The summed E-state index contributed by atoms with van der Waals surface area (Å²) in [4.78, 5) is 0. The molecule has 0 aromatic heterocycles. The average Bonchev–Trinajstić information content (AvgIpc) is 2.39. The van der Waals surface area contributed by atoms with Crippen LogP contribution in [0, 0.1) is 11.6 Å². The number of anilines is 1. The van der Waals surface area contributed by atoms with E-state index in [9.17, 15) is 8.78 Å². The lowest BCUT2D eigenvalue weighted by Crippen LogP contribution is -2.27. The molecule has 0 atom stereocenters. The minimum absolute atomic E-state index is 0.137. The molecule has 0 radical (unpaired) electrons. The van der Waals surface area contributed by atoms with Crippen LogP contribution in [0.4, 0.5) is 14.5 Å². The molecule has 1 nitrogen and oxygen atoms in total. The van der Waals surface area contributed by atoms with Crippen LogP contribution in [-0.4, -0.2) is 6.54 Å². The van der Waals surface area contributed by atoms with Crippen LogP contribution < -0.4 is 5.32 Å². The van der Waals surface area contributed by atoms with E-state index in [1.165, 1.54) is 17.7 Å². The maximum atomic E-state index is 13.5. The number of benzene rings is 2. The molecular formula is C16H17F2N. The van der Waals surface area contributed by atoms with E-state index in [4.69, 9.17) is 0 Å². The molecule has 0 saturated carbocycles. The van der Waals surface area contributed by atoms with Crippen LogP contribution >= 0.6 is 0 Å². The number of rotatable bonds is 4. The summed E-state index contributed by atoms with van der Waals surface area (Å²) in [5.41, 5.74) is 1.36. The Kier molecular flexibility index (Phi) is 3.84. The van der Waals surface area contributed by atoms with Gasteiger partial charge in [-0.05, 0) is 17.7 Å². The van der Waals surface area contributed by atoms with Gasteiger partial charge in [0.05, 0.1) is 5.69 Å². The van der Waals surface area contributed by atoms with Crippen molar-refractivity contribution in [1.82, 2.24) is 0 Å². The molecule has 0 bridgehead atoms. The minimum atomic E-state index is -0.566. The van der Waals surface area contributed by atoms with Crippen molar-refractivity contribution in [2.45, 2.75) is 19.3 Å². The number of hydrogen-bond acceptors (Lipinski definition) is 1. The molecule has 0 saturated heterocycles. The summed E-state index contributed by atoms with van der Waals surface area (Å²) in [5.74, 6) is -1.13. The highest BCUT2D eigenvalue weighted by Gasteiger charge is 2.20. The largest absolute Gasteiger partial charge is 0.382 e. The van der Waals surface area contributed by atoms with E-state index in [1.54, 1.807) is 0 Å². The lowest BCUT2D eigenvalue weighted by atomic mass is 9.84. The zero-order valence-electron chi connectivity index (χ0n) is 11.1. The Morgan fingerprint density at radius 3 is 2.32 bits per heavy atom. The Labute approximate surface area is 112 Å². The standard InChI is InChI=1S/C16H17F2N/c1-16(2,12-6-4-3-5-7-12)11-19-15-9-8-13(17)10-14(15)18/h3-10,19H,11H2,1-2H3. The van der Waals surface area contributed by atoms with Gasteiger partial charge in [0.1, 0.15) is 11.6 Å². The maximum absolute atomic E-state index is 13.5. The summed E-state index contributed by atoms with van der Waals surface area (Å²) < 4.78 is 26.3. The normalized spacial score (nSPS) is 11.4. The van der Waals surface area contributed by atoms with Crippen LogP contribution in [0.5, 0.6) is 0 Å². The molecule has 0 unspecified atom stereocenters. The Hall–Kier alpha value is -1.90. The summed E-state index contributed by atoms with van der Waals surface area (Å²) in [6.45, 7) is 4.73. The zero-order chi connectivity index (χ0) is 13.9. The minimum Gasteiger partial charge on any atom is -0.382 e. The number of nitrogens with one attached hydrogen (secondary N) is 1. The Morgan fingerprint density at radius 2 is 1.68 bits per heavy atom. The molecule has 2 rings (SSSR count). The fraction of sp³-hybridized carbons (Fsp3) is 0.250. The predicted octanol–water partition coefficient (Wildman–Crippen LogP) is 4.35. The molecule has 0 amide bonds. The first-order valence-electron chi connectivity index (χ1n) is 6.23. The third kappa shape index (κ3) is 3.31. The summed E-state index contributed by atoms with van der Waals surface area (Å²) in [5, 5.41) is 3.04. The second kappa shape index (κ2) is 5.39. The van der Waals surface area contributed by atoms with Crippen LogP contribution in [0.3, 0.4) is 0 Å². The molecule has 0 fully saturated rings. The summed E-state index contributed by atoms with van der Waals surface area (Å²) in [7, 11) is 0. The van der Waals surface area contributed by atoms with Gasteiger partial charge < -0.3 is 5.32 Å². The first-order chi connectivity index (χ1) is 8.99. The Balaban J connectivity index is 2.09. The van der Waals surface area contributed by atoms with Gasteiger partial charge in [-0.3, -0.25) is 0 Å². The highest BCUT2D eigenvalue weighted by Crippen LogP contribution is 2.24. The van der Waals surface area contributed by atoms with E-state index >= 15 is 0 Å². The highest BCUT2D eigenvalue weighted by molar-refractivity contribution is 5.45. The van der Waals surface area contributed by atoms with E-state index in [-0.39, 0.29) is 5.41 Å². The van der Waals surface area contributed by atoms with Gasteiger partial charge in [-0.25, -0.2) is 8.78 Å². The molecule has 2 aromatic rings. The van der Waals surface area contributed by atoms with Crippen molar-refractivity contribution in [3.05, 3.63) is 65.7 Å². The monoisotopic (exact) mass is 261 g/mol. The summed E-state index contributed by atoms with van der Waals surface area (Å²) in [6, 6.07) is 13.6. The van der Waals surface area contributed by atoms with E-state index in [2.05, 4.69) is 19.2 Å². The topological polar surface area (TPSA) is 12.0 Å². The second-order valence-electron chi connectivity index (χ2n) is 5.23. The summed E-state index contributed by atoms with van der Waals surface area (Å²) in [6.07, 6.45) is 0. The van der Waals surface area contributed by atoms with Crippen molar-refractivity contribution in [1.29, 1.82) is 0 Å². The van der Waals surface area contributed by atoms with Crippen molar-refractivity contribution < 1.29 is 8.78 Å². The smallest absolute Gasteiger partial charge is 0.149 e. The van der Waals surface area contributed by atoms with E-state index < -0.39 is 11.6 Å². The van der Waals surface area contributed by atoms with Crippen molar-refractivity contribution in [2.24, 2.45) is 0 Å². The SMILES string of the molecule is CC(C)(CNc1ccc(F)cc1F)c1ccccc1. The van der Waals surface area contributed by atoms with Gasteiger partial charge >= 0.3 is 0 Å². The van der Waals surface area contributed by atoms with Crippen molar-refractivity contribution in [2.75, 3.05) is 11.9 Å². The maximum Gasteiger partial charge on any atom is 0.149 e. The number of halogens is 2. The van der Waals surface area contributed by atoms with Crippen molar-refractivity contribution >= 4 is 5.69 Å². The van der Waals surface area contributed by atoms with Gasteiger partial charge in [0.15, 0.2) is 0 Å². The predicted molar refractivity (Wildman–Crippen MR) is 74.3 cm³/mol. The molecule has 0 aliphatic carbocycles. The van der Waals surface area contributed by atoms with Gasteiger partial charge in [0.25, 0.3) is 0 Å². The molecule has 3 heteroatoms. The molecule has 19 heavy (non-hydrogen) atoms. The van der Waals surface area contributed by atoms with Gasteiger partial charge in [-0.2, -0.15) is 0 Å². The molecular weight excluding hydrogens is 244 g/mol. The fourth-order valence-electron chi connectivity index (χ4n) is 1.94. The summed E-state index contributed by atoms with van der Waals surface area (Å²) >= 11 is 0. The van der Waals surface area contributed by atoms with Crippen LogP contribution in [0.2, 0.25) is 0 Å². The van der Waals surface area contributed by atoms with Crippen LogP contribution in [-0.2, 0) is 5.41 Å². The molecule has 0 aliphatic heterocycles. The van der Waals surface area contributed by atoms with Crippen molar-refractivity contribution in [3.8, 4) is 0 Å². The fourth-order valence-corrected chi connectivity index (χ4v) is 1.94. The lowest BCUT2D eigenvalue weighted by molar-refractivity contribution is 0.550. The molecule has 1 N–H and O–H groups in total. The number of hydrogen-bond donors (Lipinski definition) is 1. The van der Waals surface area contributed by atoms with Crippen LogP contribution in [0.1, 0.15) is 19.4 Å². The van der Waals surface area contributed by atoms with Crippen LogP contribution in [0.25, 0.3) is 0 Å². The van der Waals surface area contributed by atoms with Gasteiger partial charge in [0.2, 0.25) is 0 Å². The first kappa shape index (κ1) is 13.5. The second-order valence-corrected chi connectivity index (χ2v) is 5.23. The first-order valence-corrected chi connectivity index (χ1v) is 6.23. The quantitative estimate of drug-likeness (QED) is 0.862. The van der Waals surface area contributed by atoms with E-state index in [0.29, 0.717) is 12.2 Å². The Bertz CT molecular complexity index is 550. The lowest BCUT2D eigenvalue weighted by Gasteiger charge is -2.26. The molecule has 100 valence electrons. The van der Waals surface area contributed by atoms with Gasteiger partial charge in [-0.1, -0.05) is 44.2 Å².